The summed E-state index contributed by atoms with van der Waals surface area (Å²) in [4.78, 5) is 1.46. The van der Waals surface area contributed by atoms with Crippen molar-refractivity contribution in [1.29, 1.82) is 0 Å². The number of hydrogen-bond donors (Lipinski definition) is 0. The zero-order valence-electron chi connectivity index (χ0n) is 6.92. The van der Waals surface area contributed by atoms with Crippen LogP contribution in [0, 0.1) is 5.92 Å². The van der Waals surface area contributed by atoms with E-state index in [1.54, 1.807) is 0 Å². The van der Waals surface area contributed by atoms with Crippen molar-refractivity contribution in [2.45, 2.75) is 43.5 Å². The summed E-state index contributed by atoms with van der Waals surface area (Å²) in [6, 6.07) is 0. The average molecular weight is 254 g/mol. The molecule has 1 aliphatic carbocycles. The zero-order chi connectivity index (χ0) is 6.53. The van der Waals surface area contributed by atoms with Crippen molar-refractivity contribution in [2.24, 2.45) is 5.92 Å². The first kappa shape index (κ1) is 14.7. The molecule has 0 aliphatic heterocycles. The van der Waals surface area contributed by atoms with E-state index in [1.807, 2.05) is 18.6 Å². The van der Waals surface area contributed by atoms with Crippen molar-refractivity contribution in [1.82, 2.24) is 0 Å². The first-order valence-corrected chi connectivity index (χ1v) is 5.85. The summed E-state index contributed by atoms with van der Waals surface area (Å²) in [7, 11) is 0. The second-order valence-corrected chi connectivity index (χ2v) is 4.29. The van der Waals surface area contributed by atoms with Crippen LogP contribution >= 0.6 is 24.8 Å². The van der Waals surface area contributed by atoms with Crippen LogP contribution in [0.3, 0.4) is 0 Å². The van der Waals surface area contributed by atoms with Gasteiger partial charge in [-0.2, -0.15) is 0 Å². The van der Waals surface area contributed by atoms with Gasteiger partial charge < -0.3 is 0 Å². The summed E-state index contributed by atoms with van der Waals surface area (Å²) in [6.45, 7) is 0. The molecule has 66 valence electrons. The van der Waals surface area contributed by atoms with Crippen LogP contribution in [0.2, 0.25) is 4.98 Å². The van der Waals surface area contributed by atoms with Gasteiger partial charge in [0, 0.05) is 0 Å². The second-order valence-electron chi connectivity index (χ2n) is 3.08. The topological polar surface area (TPSA) is 0 Å². The predicted octanol–water partition coefficient (Wildman–Crippen LogP) is 3.39. The Labute approximate surface area is 92.6 Å². The van der Waals surface area contributed by atoms with Crippen molar-refractivity contribution in [3.05, 3.63) is 0 Å². The van der Waals surface area contributed by atoms with Gasteiger partial charge in [0.05, 0.1) is 0 Å². The molecule has 0 N–H and O–H groups in total. The number of halogens is 2. The molecule has 0 nitrogen and oxygen atoms in total. The minimum absolute atomic E-state index is 0. The third-order valence-corrected chi connectivity index (χ3v) is 3.00. The van der Waals surface area contributed by atoms with E-state index < -0.39 is 0 Å². The first-order valence-electron chi connectivity index (χ1n) is 4.13. The van der Waals surface area contributed by atoms with Gasteiger partial charge in [0.25, 0.3) is 0 Å². The Balaban J connectivity index is 0. The number of hydrogen-bond acceptors (Lipinski definition) is 0. The third kappa shape index (κ3) is 6.38. The van der Waals surface area contributed by atoms with Gasteiger partial charge in [0.15, 0.2) is 0 Å². The standard InChI is InChI=1S/C8H15.2ClH.Ga/c1-2-8-6-4-3-5-7-8;;;/h8H,1-7H2;2*1H;. The second kappa shape index (κ2) is 9.31. The first-order chi connectivity index (χ1) is 4.43. The molecule has 0 unspecified atom stereocenters. The van der Waals surface area contributed by atoms with Crippen molar-refractivity contribution in [3.63, 3.8) is 0 Å². The Hall–Kier alpha value is 1.22. The van der Waals surface area contributed by atoms with Crippen molar-refractivity contribution in [3.8, 4) is 0 Å². The monoisotopic (exact) mass is 252 g/mol. The van der Waals surface area contributed by atoms with Gasteiger partial charge in [-0.25, -0.2) is 0 Å². The van der Waals surface area contributed by atoms with Gasteiger partial charge in [-0.1, -0.05) is 0 Å². The molecule has 3 heteroatoms. The SMILES string of the molecule is Cl.Cl.[Ga][CH2]CC1CCCCC1. The molecule has 0 saturated heterocycles. The van der Waals surface area contributed by atoms with Crippen molar-refractivity contribution < 1.29 is 0 Å². The summed E-state index contributed by atoms with van der Waals surface area (Å²) in [5.41, 5.74) is 0. The predicted molar refractivity (Wildman–Crippen MR) is 56.2 cm³/mol. The van der Waals surface area contributed by atoms with E-state index in [1.165, 1.54) is 43.5 Å². The maximum atomic E-state index is 1.91. The van der Waals surface area contributed by atoms with E-state index in [0.29, 0.717) is 0 Å². The molecular formula is C8H17Cl2Ga. The Morgan fingerprint density at radius 3 is 2.00 bits per heavy atom. The normalized spacial score (nSPS) is 18.2. The molecule has 1 rings (SSSR count). The third-order valence-electron chi connectivity index (χ3n) is 2.30. The zero-order valence-corrected chi connectivity index (χ0v) is 11.0. The van der Waals surface area contributed by atoms with Crippen LogP contribution < -0.4 is 0 Å². The van der Waals surface area contributed by atoms with Crippen LogP contribution in [0.5, 0.6) is 0 Å². The van der Waals surface area contributed by atoms with Gasteiger partial charge in [-0.05, 0) is 0 Å². The van der Waals surface area contributed by atoms with Gasteiger partial charge in [0.2, 0.25) is 0 Å². The summed E-state index contributed by atoms with van der Waals surface area (Å²) < 4.78 is 0. The van der Waals surface area contributed by atoms with Crippen molar-refractivity contribution >= 4 is 43.4 Å². The van der Waals surface area contributed by atoms with Gasteiger partial charge >= 0.3 is 68.0 Å². The van der Waals surface area contributed by atoms with Gasteiger partial charge in [-0.3, -0.25) is 0 Å². The van der Waals surface area contributed by atoms with Crippen LogP contribution in [0.1, 0.15) is 38.5 Å². The van der Waals surface area contributed by atoms with E-state index >= 15 is 0 Å². The molecular weight excluding hydrogens is 237 g/mol. The Kier molecular flexibility index (Phi) is 12.5. The molecule has 11 heavy (non-hydrogen) atoms. The maximum absolute atomic E-state index is 1.91. The summed E-state index contributed by atoms with van der Waals surface area (Å²) >= 11 is 1.91. The van der Waals surface area contributed by atoms with Crippen LogP contribution in [0.25, 0.3) is 0 Å². The fourth-order valence-corrected chi connectivity index (χ4v) is 2.70. The number of rotatable bonds is 2. The molecule has 1 fully saturated rings. The molecule has 1 saturated carbocycles. The summed E-state index contributed by atoms with van der Waals surface area (Å²) in [6.07, 6.45) is 9.11. The molecule has 0 aromatic rings. The Morgan fingerprint density at radius 1 is 1.00 bits per heavy atom. The molecule has 2 radical (unpaired) electrons. The fourth-order valence-electron chi connectivity index (χ4n) is 1.71. The molecule has 0 amide bonds. The van der Waals surface area contributed by atoms with Crippen LogP contribution in [-0.2, 0) is 0 Å². The Morgan fingerprint density at radius 2 is 1.55 bits per heavy atom. The Bertz CT molecular complexity index is 69.7. The molecule has 0 bridgehead atoms. The van der Waals surface area contributed by atoms with E-state index in [0.717, 1.165) is 5.92 Å². The van der Waals surface area contributed by atoms with Crippen LogP contribution in [-0.4, -0.2) is 18.6 Å². The van der Waals surface area contributed by atoms with Crippen LogP contribution in [0.4, 0.5) is 0 Å². The van der Waals surface area contributed by atoms with Crippen LogP contribution in [0.15, 0.2) is 0 Å². The van der Waals surface area contributed by atoms with Gasteiger partial charge in [-0.15, -0.1) is 24.8 Å². The molecule has 0 atom stereocenters. The molecule has 1 aliphatic rings. The van der Waals surface area contributed by atoms with Crippen molar-refractivity contribution in [2.75, 3.05) is 0 Å². The average Bonchev–Trinajstić information content (AvgIpc) is 1.91. The summed E-state index contributed by atoms with van der Waals surface area (Å²) in [5.74, 6) is 1.12. The van der Waals surface area contributed by atoms with Gasteiger partial charge in [0.1, 0.15) is 0 Å². The minimum atomic E-state index is 0. The van der Waals surface area contributed by atoms with E-state index in [2.05, 4.69) is 0 Å². The quantitative estimate of drug-likeness (QED) is 0.662. The molecule has 0 spiro atoms. The summed E-state index contributed by atoms with van der Waals surface area (Å²) in [5, 5.41) is 0. The van der Waals surface area contributed by atoms with E-state index in [-0.39, 0.29) is 24.8 Å². The molecule has 0 aromatic carbocycles. The van der Waals surface area contributed by atoms with E-state index in [9.17, 15) is 0 Å². The van der Waals surface area contributed by atoms with E-state index in [4.69, 9.17) is 0 Å². The molecule has 0 heterocycles. The molecule has 0 aromatic heterocycles. The fraction of sp³-hybridized carbons (Fsp3) is 1.00.